The molecule has 122 valence electrons. The average molecular weight is 329 g/mol. The van der Waals surface area contributed by atoms with Crippen LogP contribution in [0.1, 0.15) is 15.9 Å². The third-order valence-electron chi connectivity index (χ3n) is 3.72. The van der Waals surface area contributed by atoms with Crippen LogP contribution in [0.2, 0.25) is 0 Å². The molecule has 0 aliphatic carbocycles. The van der Waals surface area contributed by atoms with Gasteiger partial charge in [0.25, 0.3) is 16.1 Å². The van der Waals surface area contributed by atoms with E-state index in [1.165, 1.54) is 36.6 Å². The normalized spacial score (nSPS) is 17.0. The Morgan fingerprint density at radius 2 is 1.77 bits per heavy atom. The van der Waals surface area contributed by atoms with E-state index in [1.54, 1.807) is 11.8 Å². The molecule has 0 N–H and O–H groups in total. The summed E-state index contributed by atoms with van der Waals surface area (Å²) >= 11 is 0. The number of carbonyl (C=O) groups excluding carboxylic acids is 1. The first-order chi connectivity index (χ1) is 10.2. The molecular formula is C14H20FN3O3S. The molecule has 8 heteroatoms. The van der Waals surface area contributed by atoms with Crippen LogP contribution in [0.25, 0.3) is 0 Å². The first-order valence-corrected chi connectivity index (χ1v) is 8.36. The van der Waals surface area contributed by atoms with Crippen LogP contribution in [-0.4, -0.2) is 68.1 Å². The van der Waals surface area contributed by atoms with Crippen LogP contribution in [0.5, 0.6) is 0 Å². The number of aryl methyl sites for hydroxylation is 1. The van der Waals surface area contributed by atoms with E-state index in [1.807, 2.05) is 0 Å². The summed E-state index contributed by atoms with van der Waals surface area (Å²) in [5.41, 5.74) is 0.836. The lowest BCUT2D eigenvalue weighted by atomic mass is 10.1. The average Bonchev–Trinajstić information content (AvgIpc) is 2.49. The van der Waals surface area contributed by atoms with Gasteiger partial charge in [-0.1, -0.05) is 0 Å². The van der Waals surface area contributed by atoms with Crippen molar-refractivity contribution in [2.75, 3.05) is 40.3 Å². The Labute approximate surface area is 130 Å². The van der Waals surface area contributed by atoms with Crippen LogP contribution in [0.15, 0.2) is 18.2 Å². The first kappa shape index (κ1) is 16.9. The van der Waals surface area contributed by atoms with Crippen molar-refractivity contribution >= 4 is 16.1 Å². The standard InChI is InChI=1S/C14H20FN3O3S/c1-11-10-12(4-5-13(11)15)14(19)17-6-8-18(9-7-17)22(20,21)16(2)3/h4-5,10H,6-9H2,1-3H3. The number of piperazine rings is 1. The summed E-state index contributed by atoms with van der Waals surface area (Å²) in [5, 5.41) is 0. The summed E-state index contributed by atoms with van der Waals surface area (Å²) in [7, 11) is -0.486. The summed E-state index contributed by atoms with van der Waals surface area (Å²) < 4.78 is 39.8. The molecule has 1 aliphatic rings. The number of amides is 1. The van der Waals surface area contributed by atoms with Gasteiger partial charge in [-0.25, -0.2) is 4.39 Å². The lowest BCUT2D eigenvalue weighted by molar-refractivity contribution is 0.0695. The van der Waals surface area contributed by atoms with Gasteiger partial charge in [0.05, 0.1) is 0 Å². The van der Waals surface area contributed by atoms with Gasteiger partial charge in [0, 0.05) is 45.8 Å². The fourth-order valence-corrected chi connectivity index (χ4v) is 3.40. The van der Waals surface area contributed by atoms with Crippen LogP contribution < -0.4 is 0 Å². The molecule has 1 aromatic rings. The molecule has 0 saturated carbocycles. The Morgan fingerprint density at radius 3 is 2.27 bits per heavy atom. The highest BCUT2D eigenvalue weighted by Gasteiger charge is 2.30. The molecule has 0 spiro atoms. The van der Waals surface area contributed by atoms with Crippen LogP contribution >= 0.6 is 0 Å². The van der Waals surface area contributed by atoms with Gasteiger partial charge >= 0.3 is 0 Å². The molecule has 1 aromatic carbocycles. The third-order valence-corrected chi connectivity index (χ3v) is 5.66. The molecule has 1 amide bonds. The molecule has 1 heterocycles. The summed E-state index contributed by atoms with van der Waals surface area (Å²) in [6.07, 6.45) is 0. The number of benzene rings is 1. The zero-order valence-corrected chi connectivity index (χ0v) is 13.7. The van der Waals surface area contributed by atoms with Crippen molar-refractivity contribution in [3.8, 4) is 0 Å². The fourth-order valence-electron chi connectivity index (χ4n) is 2.31. The number of nitrogens with zero attached hydrogens (tertiary/aromatic N) is 3. The maximum absolute atomic E-state index is 13.3. The van der Waals surface area contributed by atoms with E-state index in [-0.39, 0.29) is 24.8 Å². The van der Waals surface area contributed by atoms with Gasteiger partial charge in [0.2, 0.25) is 0 Å². The number of rotatable bonds is 3. The molecule has 1 fully saturated rings. The summed E-state index contributed by atoms with van der Waals surface area (Å²) in [4.78, 5) is 14.0. The van der Waals surface area contributed by atoms with E-state index in [0.29, 0.717) is 24.2 Å². The van der Waals surface area contributed by atoms with Gasteiger partial charge in [-0.3, -0.25) is 4.79 Å². The van der Waals surface area contributed by atoms with Gasteiger partial charge < -0.3 is 4.90 Å². The SMILES string of the molecule is Cc1cc(C(=O)N2CCN(S(=O)(=O)N(C)C)CC2)ccc1F. The molecule has 0 unspecified atom stereocenters. The van der Waals surface area contributed by atoms with Gasteiger partial charge in [0.1, 0.15) is 5.82 Å². The van der Waals surface area contributed by atoms with Crippen molar-refractivity contribution in [2.45, 2.75) is 6.92 Å². The van der Waals surface area contributed by atoms with Crippen molar-refractivity contribution in [3.63, 3.8) is 0 Å². The van der Waals surface area contributed by atoms with E-state index < -0.39 is 10.2 Å². The molecule has 0 aromatic heterocycles. The zero-order chi connectivity index (χ0) is 16.5. The highest BCUT2D eigenvalue weighted by atomic mass is 32.2. The Kier molecular flexibility index (Phi) is 4.84. The predicted octanol–water partition coefficient (Wildman–Crippen LogP) is 0.698. The minimum Gasteiger partial charge on any atom is -0.336 e. The van der Waals surface area contributed by atoms with Gasteiger partial charge in [-0.2, -0.15) is 17.0 Å². The molecule has 22 heavy (non-hydrogen) atoms. The van der Waals surface area contributed by atoms with Crippen molar-refractivity contribution in [3.05, 3.63) is 35.1 Å². The molecular weight excluding hydrogens is 309 g/mol. The van der Waals surface area contributed by atoms with Crippen molar-refractivity contribution in [1.29, 1.82) is 0 Å². The molecule has 1 aliphatic heterocycles. The summed E-state index contributed by atoms with van der Waals surface area (Å²) in [5.74, 6) is -0.552. The number of halogens is 1. The predicted molar refractivity (Wildman–Crippen MR) is 81.2 cm³/mol. The summed E-state index contributed by atoms with van der Waals surface area (Å²) in [6.45, 7) is 2.76. The Hall–Kier alpha value is -1.51. The minimum absolute atomic E-state index is 0.204. The quantitative estimate of drug-likeness (QED) is 0.820. The molecule has 6 nitrogen and oxygen atoms in total. The lowest BCUT2D eigenvalue weighted by Crippen LogP contribution is -2.53. The lowest BCUT2D eigenvalue weighted by Gasteiger charge is -2.35. The van der Waals surface area contributed by atoms with E-state index in [9.17, 15) is 17.6 Å². The maximum Gasteiger partial charge on any atom is 0.281 e. The highest BCUT2D eigenvalue weighted by molar-refractivity contribution is 7.86. The fraction of sp³-hybridized carbons (Fsp3) is 0.500. The van der Waals surface area contributed by atoms with Crippen LogP contribution in [0, 0.1) is 12.7 Å². The van der Waals surface area contributed by atoms with Gasteiger partial charge in [0.15, 0.2) is 0 Å². The molecule has 0 atom stereocenters. The van der Waals surface area contributed by atoms with E-state index in [2.05, 4.69) is 0 Å². The third kappa shape index (κ3) is 3.29. The smallest absolute Gasteiger partial charge is 0.281 e. The van der Waals surface area contributed by atoms with Gasteiger partial charge in [-0.15, -0.1) is 0 Å². The highest BCUT2D eigenvalue weighted by Crippen LogP contribution is 2.15. The molecule has 2 rings (SSSR count). The van der Waals surface area contributed by atoms with Crippen molar-refractivity contribution in [1.82, 2.24) is 13.5 Å². The second-order valence-corrected chi connectivity index (χ2v) is 7.59. The van der Waals surface area contributed by atoms with Crippen molar-refractivity contribution < 1.29 is 17.6 Å². The monoisotopic (exact) mass is 329 g/mol. The van der Waals surface area contributed by atoms with Crippen molar-refractivity contribution in [2.24, 2.45) is 0 Å². The van der Waals surface area contributed by atoms with Gasteiger partial charge in [-0.05, 0) is 30.7 Å². The second kappa shape index (κ2) is 6.31. The zero-order valence-electron chi connectivity index (χ0n) is 12.9. The van der Waals surface area contributed by atoms with E-state index in [4.69, 9.17) is 0 Å². The van der Waals surface area contributed by atoms with Crippen LogP contribution in [0.3, 0.4) is 0 Å². The molecule has 0 radical (unpaired) electrons. The second-order valence-electron chi connectivity index (χ2n) is 5.45. The molecule has 0 bridgehead atoms. The first-order valence-electron chi connectivity index (χ1n) is 6.96. The Morgan fingerprint density at radius 1 is 1.18 bits per heavy atom. The topological polar surface area (TPSA) is 60.9 Å². The van der Waals surface area contributed by atoms with Crippen LogP contribution in [0.4, 0.5) is 4.39 Å². The van der Waals surface area contributed by atoms with E-state index >= 15 is 0 Å². The minimum atomic E-state index is -3.45. The largest absolute Gasteiger partial charge is 0.336 e. The number of carbonyl (C=O) groups is 1. The van der Waals surface area contributed by atoms with Crippen LogP contribution in [-0.2, 0) is 10.2 Å². The Balaban J connectivity index is 2.05. The molecule has 1 saturated heterocycles. The van der Waals surface area contributed by atoms with E-state index in [0.717, 1.165) is 4.31 Å². The maximum atomic E-state index is 13.3. The Bertz CT molecular complexity index is 668. The number of hydrogen-bond donors (Lipinski definition) is 0. The summed E-state index contributed by atoms with van der Waals surface area (Å²) in [6, 6.07) is 4.24. The number of hydrogen-bond acceptors (Lipinski definition) is 3.